The molecule has 234 valence electrons. The number of fused-ring (bicyclic) bond motifs is 1. The van der Waals surface area contributed by atoms with Gasteiger partial charge in [-0.25, -0.2) is 0 Å². The summed E-state index contributed by atoms with van der Waals surface area (Å²) in [5, 5.41) is 71.4. The number of hydrogen-bond donors (Lipinski definition) is 7. The van der Waals surface area contributed by atoms with Crippen LogP contribution < -0.4 is 19.6 Å². The van der Waals surface area contributed by atoms with Gasteiger partial charge in [0.25, 0.3) is 0 Å². The highest BCUT2D eigenvalue weighted by Crippen LogP contribution is 2.36. The standard InChI is InChI=1S/C28H32O15/c1-37-13-6-15(30)20-18(7-13)39-8-14(21(20)31)12-3-4-16(17(5-12)38-2)42-26-24(34)23(33)22(32)19(43-26)9-40-27-25(35)28(36,10-29)11-41-27/h3-8,19,22-27,29-30,32-36H,9-11H2,1-2H3/t19-,22-,23+,24-,25-,26-,27+,28+/m0/s1. The molecule has 15 heteroatoms. The molecule has 0 saturated carbocycles. The molecule has 0 bridgehead atoms. The van der Waals surface area contributed by atoms with E-state index in [-0.39, 0.29) is 33.8 Å². The zero-order valence-corrected chi connectivity index (χ0v) is 23.0. The third kappa shape index (κ3) is 5.74. The average molecular weight is 609 g/mol. The fourth-order valence-electron chi connectivity index (χ4n) is 4.86. The summed E-state index contributed by atoms with van der Waals surface area (Å²) in [4.78, 5) is 13.2. The molecule has 0 amide bonds. The van der Waals surface area contributed by atoms with Crippen LogP contribution in [0.5, 0.6) is 23.0 Å². The molecule has 0 unspecified atom stereocenters. The molecule has 43 heavy (non-hydrogen) atoms. The molecule has 2 aliphatic rings. The number of benzene rings is 2. The molecule has 2 aliphatic heterocycles. The third-order valence-electron chi connectivity index (χ3n) is 7.46. The Kier molecular flexibility index (Phi) is 8.80. The summed E-state index contributed by atoms with van der Waals surface area (Å²) >= 11 is 0. The molecule has 0 aliphatic carbocycles. The van der Waals surface area contributed by atoms with E-state index in [0.717, 1.165) is 0 Å². The highest BCUT2D eigenvalue weighted by Gasteiger charge is 2.50. The number of aliphatic hydroxyl groups excluding tert-OH is 5. The van der Waals surface area contributed by atoms with Gasteiger partial charge in [-0.2, -0.15) is 0 Å². The minimum absolute atomic E-state index is 0.0406. The molecule has 15 nitrogen and oxygen atoms in total. The maximum Gasteiger partial charge on any atom is 0.229 e. The first kappa shape index (κ1) is 30.9. The Hall–Kier alpha value is -3.51. The molecule has 7 N–H and O–H groups in total. The second kappa shape index (κ2) is 12.2. The van der Waals surface area contributed by atoms with Gasteiger partial charge in [-0.15, -0.1) is 0 Å². The SMILES string of the molecule is COc1cc(O)c2c(=O)c(-c3ccc(O[C@H]4O[C@@H](CO[C@@H]5OC[C@](O)(CO)[C@H]5O)[C@H](O)[C@@H](O)[C@@H]4O)c(OC)c3)coc2c1. The maximum absolute atomic E-state index is 13.2. The quantitative estimate of drug-likeness (QED) is 0.152. The maximum atomic E-state index is 13.2. The second-order valence-electron chi connectivity index (χ2n) is 10.2. The Morgan fingerprint density at radius 1 is 0.977 bits per heavy atom. The minimum Gasteiger partial charge on any atom is -0.507 e. The minimum atomic E-state index is -1.93. The molecule has 3 aromatic rings. The molecule has 8 atom stereocenters. The Morgan fingerprint density at radius 3 is 2.42 bits per heavy atom. The van der Waals surface area contributed by atoms with Crippen LogP contribution in [0.3, 0.4) is 0 Å². The van der Waals surface area contributed by atoms with Crippen LogP contribution >= 0.6 is 0 Å². The summed E-state index contributed by atoms with van der Waals surface area (Å²) in [5.41, 5.74) is -1.87. The Bertz CT molecular complexity index is 1510. The first-order valence-corrected chi connectivity index (χ1v) is 13.1. The van der Waals surface area contributed by atoms with Gasteiger partial charge in [0.15, 0.2) is 17.8 Å². The number of hydrogen-bond acceptors (Lipinski definition) is 15. The molecule has 3 heterocycles. The zero-order valence-electron chi connectivity index (χ0n) is 23.0. The van der Waals surface area contributed by atoms with E-state index in [4.69, 9.17) is 32.8 Å². The fourth-order valence-corrected chi connectivity index (χ4v) is 4.86. The van der Waals surface area contributed by atoms with Crippen molar-refractivity contribution in [1.82, 2.24) is 0 Å². The lowest BCUT2D eigenvalue weighted by atomic mass is 9.99. The van der Waals surface area contributed by atoms with E-state index >= 15 is 0 Å². The first-order chi connectivity index (χ1) is 20.5. The van der Waals surface area contributed by atoms with Crippen LogP contribution in [0.4, 0.5) is 0 Å². The van der Waals surface area contributed by atoms with Crippen molar-refractivity contribution in [2.45, 2.75) is 48.7 Å². The van der Waals surface area contributed by atoms with E-state index in [2.05, 4.69) is 0 Å². The van der Waals surface area contributed by atoms with Crippen LogP contribution in [0.25, 0.3) is 22.1 Å². The summed E-state index contributed by atoms with van der Waals surface area (Å²) in [6.45, 7) is -1.63. The van der Waals surface area contributed by atoms with Gasteiger partial charge >= 0.3 is 0 Å². The van der Waals surface area contributed by atoms with Crippen molar-refractivity contribution in [3.05, 3.63) is 46.8 Å². The topological polar surface area (TPSA) is 227 Å². The number of phenolic OH excluding ortho intramolecular Hbond substituents is 1. The molecule has 2 saturated heterocycles. The summed E-state index contributed by atoms with van der Waals surface area (Å²) in [6, 6.07) is 7.13. The van der Waals surface area contributed by atoms with Gasteiger partial charge in [0, 0.05) is 12.1 Å². The van der Waals surface area contributed by atoms with Crippen LogP contribution in [0.2, 0.25) is 0 Å². The number of ether oxygens (including phenoxy) is 6. The molecule has 0 spiro atoms. The molecule has 0 radical (unpaired) electrons. The largest absolute Gasteiger partial charge is 0.507 e. The Morgan fingerprint density at radius 2 is 1.74 bits per heavy atom. The van der Waals surface area contributed by atoms with Crippen molar-refractivity contribution >= 4 is 11.0 Å². The predicted octanol–water partition coefficient (Wildman–Crippen LogP) is -1.17. The fraction of sp³-hybridized carbons (Fsp3) is 0.464. The highest BCUT2D eigenvalue weighted by atomic mass is 16.7. The Balaban J connectivity index is 1.34. The molecule has 1 aromatic heterocycles. The molecule has 5 rings (SSSR count). The number of methoxy groups -OCH3 is 2. The molecule has 2 fully saturated rings. The number of aromatic hydroxyl groups is 1. The number of rotatable bonds is 9. The van der Waals surface area contributed by atoms with Gasteiger partial charge < -0.3 is 68.6 Å². The number of phenols is 1. The molecule has 2 aromatic carbocycles. The van der Waals surface area contributed by atoms with Crippen molar-refractivity contribution in [3.63, 3.8) is 0 Å². The normalized spacial score (nSPS) is 30.8. The van der Waals surface area contributed by atoms with E-state index in [1.807, 2.05) is 0 Å². The van der Waals surface area contributed by atoms with E-state index in [1.165, 1.54) is 50.8 Å². The van der Waals surface area contributed by atoms with E-state index < -0.39 is 74.0 Å². The van der Waals surface area contributed by atoms with Crippen LogP contribution in [0, 0.1) is 0 Å². The van der Waals surface area contributed by atoms with E-state index in [9.17, 15) is 40.5 Å². The lowest BCUT2D eigenvalue weighted by Crippen LogP contribution is -2.60. The molecular formula is C28H32O15. The lowest BCUT2D eigenvalue weighted by Gasteiger charge is -2.40. The van der Waals surface area contributed by atoms with Crippen molar-refractivity contribution in [1.29, 1.82) is 0 Å². The van der Waals surface area contributed by atoms with Crippen molar-refractivity contribution in [2.24, 2.45) is 0 Å². The summed E-state index contributed by atoms with van der Waals surface area (Å²) in [7, 11) is 2.74. The zero-order chi connectivity index (χ0) is 31.1. The van der Waals surface area contributed by atoms with Gasteiger partial charge in [0.05, 0.1) is 39.6 Å². The lowest BCUT2D eigenvalue weighted by molar-refractivity contribution is -0.289. The van der Waals surface area contributed by atoms with Gasteiger partial charge in [0.1, 0.15) is 64.9 Å². The predicted molar refractivity (Wildman–Crippen MR) is 144 cm³/mol. The van der Waals surface area contributed by atoms with Gasteiger partial charge in [-0.05, 0) is 17.7 Å². The summed E-state index contributed by atoms with van der Waals surface area (Å²) in [6.07, 6.45) is -9.61. The Labute approximate surface area is 243 Å². The first-order valence-electron chi connectivity index (χ1n) is 13.1. The van der Waals surface area contributed by atoms with Crippen LogP contribution in [0.1, 0.15) is 0 Å². The van der Waals surface area contributed by atoms with Crippen LogP contribution in [0.15, 0.2) is 45.8 Å². The van der Waals surface area contributed by atoms with Crippen LogP contribution in [-0.4, -0.2) is 118 Å². The smallest absolute Gasteiger partial charge is 0.229 e. The monoisotopic (exact) mass is 608 g/mol. The number of aliphatic hydroxyl groups is 6. The van der Waals surface area contributed by atoms with Crippen molar-refractivity contribution < 1.29 is 68.6 Å². The van der Waals surface area contributed by atoms with Gasteiger partial charge in [0.2, 0.25) is 11.7 Å². The third-order valence-corrected chi connectivity index (χ3v) is 7.46. The average Bonchev–Trinajstić information content (AvgIpc) is 3.30. The van der Waals surface area contributed by atoms with Crippen molar-refractivity contribution in [2.75, 3.05) is 34.0 Å². The van der Waals surface area contributed by atoms with Crippen LogP contribution in [-0.2, 0) is 14.2 Å². The van der Waals surface area contributed by atoms with Gasteiger partial charge in [-0.3, -0.25) is 4.79 Å². The van der Waals surface area contributed by atoms with E-state index in [0.29, 0.717) is 11.3 Å². The highest BCUT2D eigenvalue weighted by molar-refractivity contribution is 5.88. The van der Waals surface area contributed by atoms with E-state index in [1.54, 1.807) is 0 Å². The van der Waals surface area contributed by atoms with Crippen molar-refractivity contribution in [3.8, 4) is 34.1 Å². The summed E-state index contributed by atoms with van der Waals surface area (Å²) in [5.74, 6) is 0.128. The second-order valence-corrected chi connectivity index (χ2v) is 10.2. The summed E-state index contributed by atoms with van der Waals surface area (Å²) < 4.78 is 38.1. The van der Waals surface area contributed by atoms with Gasteiger partial charge in [-0.1, -0.05) is 6.07 Å². The molecular weight excluding hydrogens is 576 g/mol.